The molecule has 160 valence electrons. The lowest BCUT2D eigenvalue weighted by atomic mass is 10.2. The Kier molecular flexibility index (Phi) is 5.44. The van der Waals surface area contributed by atoms with Crippen LogP contribution < -0.4 is 14.8 Å². The van der Waals surface area contributed by atoms with E-state index in [0.717, 1.165) is 11.1 Å². The second-order valence-electron chi connectivity index (χ2n) is 7.09. The monoisotopic (exact) mass is 433 g/mol. The molecule has 3 heterocycles. The van der Waals surface area contributed by atoms with E-state index in [1.165, 1.54) is 30.7 Å². The highest BCUT2D eigenvalue weighted by molar-refractivity contribution is 7.89. The van der Waals surface area contributed by atoms with Crippen LogP contribution in [0.5, 0.6) is 11.5 Å². The Hall–Kier alpha value is -2.98. The lowest BCUT2D eigenvalue weighted by Gasteiger charge is -2.23. The zero-order chi connectivity index (χ0) is 21.3. The van der Waals surface area contributed by atoms with E-state index >= 15 is 0 Å². The first-order valence-corrected chi connectivity index (χ1v) is 10.8. The first-order chi connectivity index (χ1) is 14.4. The molecule has 0 spiro atoms. The molecule has 0 saturated carbocycles. The Morgan fingerprint density at radius 3 is 2.37 bits per heavy atom. The Bertz CT molecular complexity index is 1060. The summed E-state index contributed by atoms with van der Waals surface area (Å²) in [5, 5.41) is 2.82. The summed E-state index contributed by atoms with van der Waals surface area (Å²) in [5.41, 5.74) is 1.93. The molecule has 1 N–H and O–H groups in total. The van der Waals surface area contributed by atoms with Crippen molar-refractivity contribution >= 4 is 16.1 Å². The van der Waals surface area contributed by atoms with Crippen molar-refractivity contribution < 1.29 is 27.1 Å². The van der Waals surface area contributed by atoms with Crippen LogP contribution in [0.1, 0.15) is 5.76 Å². The molecule has 0 radical (unpaired) electrons. The number of nitrogens with one attached hydrogen (secondary N) is 1. The van der Waals surface area contributed by atoms with Crippen LogP contribution in [-0.2, 0) is 16.6 Å². The minimum absolute atomic E-state index is 0.148. The van der Waals surface area contributed by atoms with Gasteiger partial charge < -0.3 is 24.1 Å². The van der Waals surface area contributed by atoms with Gasteiger partial charge in [-0.25, -0.2) is 13.2 Å². The van der Waals surface area contributed by atoms with Crippen molar-refractivity contribution in [2.45, 2.75) is 11.4 Å². The van der Waals surface area contributed by atoms with Gasteiger partial charge in [0.05, 0.1) is 31.9 Å². The summed E-state index contributed by atoms with van der Waals surface area (Å²) in [6.07, 6.45) is 1.56. The van der Waals surface area contributed by atoms with Crippen LogP contribution in [0.25, 0.3) is 0 Å². The zero-order valence-corrected chi connectivity index (χ0v) is 17.6. The van der Waals surface area contributed by atoms with Gasteiger partial charge in [-0.15, -0.1) is 0 Å². The fraction of sp³-hybridized carbons (Fsp3) is 0.350. The average Bonchev–Trinajstić information content (AvgIpc) is 3.47. The molecule has 0 saturated heterocycles. The molecular weight excluding hydrogens is 410 g/mol. The fourth-order valence-corrected chi connectivity index (χ4v) is 5.12. The van der Waals surface area contributed by atoms with Crippen LogP contribution >= 0.6 is 0 Å². The second-order valence-corrected chi connectivity index (χ2v) is 9.03. The number of ether oxygens (including phenoxy) is 2. The van der Waals surface area contributed by atoms with E-state index in [1.54, 1.807) is 29.4 Å². The minimum atomic E-state index is -3.69. The molecule has 1 aromatic heterocycles. The Morgan fingerprint density at radius 2 is 1.77 bits per heavy atom. The van der Waals surface area contributed by atoms with Gasteiger partial charge in [0, 0.05) is 32.2 Å². The molecule has 30 heavy (non-hydrogen) atoms. The van der Waals surface area contributed by atoms with E-state index in [0.29, 0.717) is 36.9 Å². The summed E-state index contributed by atoms with van der Waals surface area (Å²) in [4.78, 5) is 14.2. The number of methoxy groups -OCH3 is 2. The maximum Gasteiger partial charge on any atom is 0.318 e. The maximum absolute atomic E-state index is 13.1. The first kappa shape index (κ1) is 20.3. The predicted molar refractivity (Wildman–Crippen MR) is 108 cm³/mol. The van der Waals surface area contributed by atoms with E-state index in [1.807, 2.05) is 0 Å². The molecule has 0 aliphatic carbocycles. The van der Waals surface area contributed by atoms with Crippen LogP contribution in [0.15, 0.2) is 57.1 Å². The molecule has 0 bridgehead atoms. The van der Waals surface area contributed by atoms with E-state index in [-0.39, 0.29) is 24.0 Å². The number of amides is 2. The van der Waals surface area contributed by atoms with Gasteiger partial charge in [0.25, 0.3) is 0 Å². The summed E-state index contributed by atoms with van der Waals surface area (Å²) in [7, 11) is -0.730. The van der Waals surface area contributed by atoms with Crippen LogP contribution in [-0.4, -0.2) is 64.1 Å². The van der Waals surface area contributed by atoms with Gasteiger partial charge in [0.1, 0.15) is 5.76 Å². The summed E-state index contributed by atoms with van der Waals surface area (Å²) < 4.78 is 43.2. The summed E-state index contributed by atoms with van der Waals surface area (Å²) >= 11 is 0. The number of carbonyl (C=O) groups is 1. The number of urea groups is 1. The largest absolute Gasteiger partial charge is 0.493 e. The number of nitrogens with zero attached hydrogens (tertiary/aromatic N) is 2. The number of rotatable bonds is 6. The zero-order valence-electron chi connectivity index (χ0n) is 16.8. The Labute approximate surface area is 174 Å². The van der Waals surface area contributed by atoms with Crippen LogP contribution in [0.4, 0.5) is 4.79 Å². The van der Waals surface area contributed by atoms with Crippen molar-refractivity contribution in [1.82, 2.24) is 14.5 Å². The summed E-state index contributed by atoms with van der Waals surface area (Å²) in [6.45, 7) is 1.68. The summed E-state index contributed by atoms with van der Waals surface area (Å²) in [5.74, 6) is 1.50. The molecule has 0 fully saturated rings. The number of carbonyl (C=O) groups excluding carboxylic acids is 1. The molecule has 2 amide bonds. The van der Waals surface area contributed by atoms with E-state index < -0.39 is 10.0 Å². The number of sulfonamides is 1. The molecule has 2 aromatic rings. The van der Waals surface area contributed by atoms with Crippen molar-refractivity contribution in [3.63, 3.8) is 0 Å². The van der Waals surface area contributed by atoms with Gasteiger partial charge in [0.2, 0.25) is 10.0 Å². The molecular formula is C20H23N3O6S. The van der Waals surface area contributed by atoms with Gasteiger partial charge >= 0.3 is 6.03 Å². The normalized spacial score (nSPS) is 16.7. The third-order valence-electron chi connectivity index (χ3n) is 5.27. The second kappa shape index (κ2) is 8.04. The highest BCUT2D eigenvalue weighted by Gasteiger charge is 2.37. The van der Waals surface area contributed by atoms with Crippen molar-refractivity contribution in [1.29, 1.82) is 0 Å². The van der Waals surface area contributed by atoms with Crippen molar-refractivity contribution in [3.05, 3.63) is 53.5 Å². The van der Waals surface area contributed by atoms with Crippen LogP contribution in [0, 0.1) is 0 Å². The minimum Gasteiger partial charge on any atom is -0.493 e. The molecule has 2 aliphatic heterocycles. The highest BCUT2D eigenvalue weighted by Crippen LogP contribution is 2.34. The Balaban J connectivity index is 1.38. The van der Waals surface area contributed by atoms with E-state index in [4.69, 9.17) is 13.9 Å². The Morgan fingerprint density at radius 1 is 1.07 bits per heavy atom. The smallest absolute Gasteiger partial charge is 0.318 e. The van der Waals surface area contributed by atoms with Crippen LogP contribution in [0.2, 0.25) is 0 Å². The molecule has 0 unspecified atom stereocenters. The molecule has 10 heteroatoms. The number of hydrogen-bond acceptors (Lipinski definition) is 6. The van der Waals surface area contributed by atoms with Crippen molar-refractivity contribution in [3.8, 4) is 11.5 Å². The van der Waals surface area contributed by atoms with Gasteiger partial charge in [-0.05, 0) is 35.4 Å². The average molecular weight is 433 g/mol. The van der Waals surface area contributed by atoms with Crippen molar-refractivity contribution in [2.75, 3.05) is 40.4 Å². The number of furan rings is 1. The predicted octanol–water partition coefficient (Wildman–Crippen LogP) is 1.82. The highest BCUT2D eigenvalue weighted by atomic mass is 32.2. The SMILES string of the molecule is COc1ccc(S(=O)(=O)N2CC3=C(CN(C(=O)NCc4ccco4)C3)C2)cc1OC. The van der Waals surface area contributed by atoms with Gasteiger partial charge in [-0.3, -0.25) is 0 Å². The molecule has 1 aromatic carbocycles. The maximum atomic E-state index is 13.1. The molecule has 9 nitrogen and oxygen atoms in total. The third-order valence-corrected chi connectivity index (χ3v) is 7.06. The van der Waals surface area contributed by atoms with Gasteiger partial charge in [-0.1, -0.05) is 0 Å². The van der Waals surface area contributed by atoms with E-state index in [9.17, 15) is 13.2 Å². The van der Waals surface area contributed by atoms with E-state index in [2.05, 4.69) is 5.32 Å². The third kappa shape index (κ3) is 3.75. The lowest BCUT2D eigenvalue weighted by Crippen LogP contribution is -2.41. The van der Waals surface area contributed by atoms with Crippen molar-refractivity contribution in [2.24, 2.45) is 0 Å². The van der Waals surface area contributed by atoms with Gasteiger partial charge in [0.15, 0.2) is 11.5 Å². The number of benzene rings is 1. The first-order valence-electron chi connectivity index (χ1n) is 9.39. The topological polar surface area (TPSA) is 101 Å². The standard InChI is InChI=1S/C20H23N3O6S/c1-27-18-6-5-17(8-19(18)28-2)30(25,26)23-12-14-10-22(11-15(14)13-23)20(24)21-9-16-4-3-7-29-16/h3-8H,9-13H2,1-2H3,(H,21,24). The fourth-order valence-electron chi connectivity index (χ4n) is 3.67. The molecule has 2 aliphatic rings. The summed E-state index contributed by atoms with van der Waals surface area (Å²) in [6, 6.07) is 7.91. The quantitative estimate of drug-likeness (QED) is 0.698. The van der Waals surface area contributed by atoms with Gasteiger partial charge in [-0.2, -0.15) is 4.31 Å². The molecule has 4 rings (SSSR count). The number of hydrogen-bond donors (Lipinski definition) is 1. The molecule has 0 atom stereocenters. The lowest BCUT2D eigenvalue weighted by molar-refractivity contribution is 0.207. The van der Waals surface area contributed by atoms with Crippen LogP contribution in [0.3, 0.4) is 0 Å².